The quantitative estimate of drug-likeness (QED) is 0.261. The molecule has 0 bridgehead atoms. The Kier molecular flexibility index (Phi) is 10.2. The molecule has 2 atom stereocenters. The number of guanidine groups is 1. The number of morpholine rings is 1. The Labute approximate surface area is 184 Å². The van der Waals surface area contributed by atoms with E-state index in [4.69, 9.17) is 18.9 Å². The number of nitrogens with zero attached hydrogens (tertiary/aromatic N) is 3. The second kappa shape index (κ2) is 12.4. The highest BCUT2D eigenvalue weighted by molar-refractivity contribution is 14.0. The van der Waals surface area contributed by atoms with E-state index in [9.17, 15) is 0 Å². The van der Waals surface area contributed by atoms with E-state index in [2.05, 4.69) is 20.2 Å². The molecule has 2 fully saturated rings. The summed E-state index contributed by atoms with van der Waals surface area (Å²) >= 11 is 0. The normalized spacial score (nSPS) is 22.6. The first-order chi connectivity index (χ1) is 13.3. The van der Waals surface area contributed by atoms with Crippen molar-refractivity contribution in [2.75, 3.05) is 53.7 Å². The molecule has 158 valence electrons. The number of halogens is 1. The molecule has 2 unspecified atom stereocenters. The van der Waals surface area contributed by atoms with E-state index < -0.39 is 0 Å². The van der Waals surface area contributed by atoms with Crippen LogP contribution in [0.2, 0.25) is 0 Å². The largest absolute Gasteiger partial charge is 0.475 e. The lowest BCUT2D eigenvalue weighted by Gasteiger charge is -2.37. The van der Waals surface area contributed by atoms with Crippen molar-refractivity contribution in [2.24, 2.45) is 4.99 Å². The Balaban J connectivity index is 0.00000280. The number of rotatable bonds is 7. The summed E-state index contributed by atoms with van der Waals surface area (Å²) in [6.07, 6.45) is 4.22. The first kappa shape index (κ1) is 23.1. The summed E-state index contributed by atoms with van der Waals surface area (Å²) in [7, 11) is 3.46. The maximum Gasteiger partial charge on any atom is 0.218 e. The van der Waals surface area contributed by atoms with Gasteiger partial charge in [-0.05, 0) is 18.9 Å². The third-order valence-corrected chi connectivity index (χ3v) is 4.80. The summed E-state index contributed by atoms with van der Waals surface area (Å²) in [5, 5.41) is 3.43. The molecule has 2 aliphatic heterocycles. The van der Waals surface area contributed by atoms with Crippen LogP contribution < -0.4 is 10.1 Å². The van der Waals surface area contributed by atoms with Gasteiger partial charge in [0.2, 0.25) is 5.88 Å². The zero-order valence-corrected chi connectivity index (χ0v) is 19.0. The van der Waals surface area contributed by atoms with E-state index >= 15 is 0 Å². The predicted molar refractivity (Wildman–Crippen MR) is 118 cm³/mol. The van der Waals surface area contributed by atoms with Gasteiger partial charge in [-0.2, -0.15) is 0 Å². The molecule has 0 aromatic carbocycles. The van der Waals surface area contributed by atoms with E-state index in [0.717, 1.165) is 44.1 Å². The average molecular weight is 506 g/mol. The molecule has 0 amide bonds. The van der Waals surface area contributed by atoms with Crippen LogP contribution in [0.3, 0.4) is 0 Å². The van der Waals surface area contributed by atoms with Crippen molar-refractivity contribution in [3.63, 3.8) is 0 Å². The van der Waals surface area contributed by atoms with Gasteiger partial charge in [0.1, 0.15) is 12.7 Å². The molecule has 28 heavy (non-hydrogen) atoms. The summed E-state index contributed by atoms with van der Waals surface area (Å²) < 4.78 is 22.5. The van der Waals surface area contributed by atoms with Gasteiger partial charge in [0.15, 0.2) is 5.96 Å². The lowest BCUT2D eigenvalue weighted by molar-refractivity contribution is -0.0817. The van der Waals surface area contributed by atoms with Gasteiger partial charge >= 0.3 is 0 Å². The highest BCUT2D eigenvalue weighted by Gasteiger charge is 2.32. The van der Waals surface area contributed by atoms with Gasteiger partial charge < -0.3 is 29.2 Å². The van der Waals surface area contributed by atoms with Gasteiger partial charge in [-0.3, -0.25) is 4.99 Å². The molecule has 3 rings (SSSR count). The van der Waals surface area contributed by atoms with Crippen LogP contribution in [0.1, 0.15) is 18.4 Å². The zero-order valence-electron chi connectivity index (χ0n) is 16.6. The summed E-state index contributed by atoms with van der Waals surface area (Å²) in [5.74, 6) is 1.48. The molecule has 3 heterocycles. The molecular formula is C19H31IN4O4. The second-order valence-corrected chi connectivity index (χ2v) is 6.62. The monoisotopic (exact) mass is 506 g/mol. The van der Waals surface area contributed by atoms with E-state index in [1.54, 1.807) is 20.4 Å². The Morgan fingerprint density at radius 1 is 1.32 bits per heavy atom. The number of methoxy groups -OCH3 is 1. The molecule has 0 aliphatic carbocycles. The summed E-state index contributed by atoms with van der Waals surface area (Å²) in [4.78, 5) is 11.0. The van der Waals surface area contributed by atoms with Crippen LogP contribution in [0.25, 0.3) is 0 Å². The van der Waals surface area contributed by atoms with Crippen LogP contribution in [0.4, 0.5) is 0 Å². The number of aliphatic imine (C=N–C) groups is 1. The first-order valence-electron chi connectivity index (χ1n) is 9.56. The fraction of sp³-hybridized carbons (Fsp3) is 0.684. The fourth-order valence-corrected chi connectivity index (χ4v) is 3.41. The van der Waals surface area contributed by atoms with E-state index in [1.165, 1.54) is 0 Å². The smallest absolute Gasteiger partial charge is 0.218 e. The van der Waals surface area contributed by atoms with Gasteiger partial charge in [0, 0.05) is 52.2 Å². The highest BCUT2D eigenvalue weighted by atomic mass is 127. The van der Waals surface area contributed by atoms with Crippen molar-refractivity contribution in [2.45, 2.75) is 31.6 Å². The number of nitrogens with one attached hydrogen (secondary N) is 1. The maximum atomic E-state index is 5.93. The lowest BCUT2D eigenvalue weighted by atomic mass is 10.1. The Hall–Kier alpha value is -1.17. The average Bonchev–Trinajstić information content (AvgIpc) is 3.25. The minimum Gasteiger partial charge on any atom is -0.475 e. The van der Waals surface area contributed by atoms with E-state index in [1.807, 2.05) is 12.1 Å². The van der Waals surface area contributed by atoms with Crippen LogP contribution in [0, 0.1) is 0 Å². The minimum absolute atomic E-state index is 0. The molecule has 2 aliphatic rings. The van der Waals surface area contributed by atoms with Crippen molar-refractivity contribution in [1.82, 2.24) is 15.2 Å². The molecular weight excluding hydrogens is 475 g/mol. The van der Waals surface area contributed by atoms with Crippen molar-refractivity contribution in [3.05, 3.63) is 23.9 Å². The van der Waals surface area contributed by atoms with Crippen molar-refractivity contribution in [1.29, 1.82) is 0 Å². The number of aromatic nitrogens is 1. The zero-order chi connectivity index (χ0) is 18.9. The Bertz CT molecular complexity index is 613. The number of hydrogen-bond donors (Lipinski definition) is 1. The standard InChI is InChI=1S/C19H30N4O4.HI/c1-20-19(23-8-10-26-17(14-23)16-6-4-9-25-16)22-13-15-5-3-7-21-18(15)27-12-11-24-2;/h3,5,7,16-17H,4,6,8-14H2,1-2H3,(H,20,22);1H. The van der Waals surface area contributed by atoms with Gasteiger partial charge in [-0.1, -0.05) is 6.07 Å². The third kappa shape index (κ3) is 6.43. The van der Waals surface area contributed by atoms with Crippen LogP contribution in [-0.2, 0) is 20.8 Å². The second-order valence-electron chi connectivity index (χ2n) is 6.62. The topological polar surface area (TPSA) is 77.4 Å². The van der Waals surface area contributed by atoms with E-state index in [-0.39, 0.29) is 36.2 Å². The maximum absolute atomic E-state index is 5.93. The molecule has 9 heteroatoms. The number of ether oxygens (including phenoxy) is 4. The SMILES string of the molecule is CN=C(NCc1cccnc1OCCOC)N1CCOC(C2CCCO2)C1.I. The Morgan fingerprint density at radius 3 is 2.93 bits per heavy atom. The highest BCUT2D eigenvalue weighted by Crippen LogP contribution is 2.21. The molecule has 8 nitrogen and oxygen atoms in total. The number of pyridine rings is 1. The van der Waals surface area contributed by atoms with Crippen LogP contribution in [0.5, 0.6) is 5.88 Å². The van der Waals surface area contributed by atoms with Gasteiger partial charge in [0.05, 0.1) is 19.3 Å². The van der Waals surface area contributed by atoms with Gasteiger partial charge in [0.25, 0.3) is 0 Å². The summed E-state index contributed by atoms with van der Waals surface area (Å²) in [6.45, 7) is 4.71. The fourth-order valence-electron chi connectivity index (χ4n) is 3.41. The lowest BCUT2D eigenvalue weighted by Crippen LogP contribution is -2.53. The van der Waals surface area contributed by atoms with Crippen LogP contribution in [0.15, 0.2) is 23.3 Å². The Morgan fingerprint density at radius 2 is 2.18 bits per heavy atom. The minimum atomic E-state index is 0. The van der Waals surface area contributed by atoms with Crippen LogP contribution >= 0.6 is 24.0 Å². The van der Waals surface area contributed by atoms with Crippen LogP contribution in [-0.4, -0.2) is 81.7 Å². The van der Waals surface area contributed by atoms with E-state index in [0.29, 0.717) is 32.2 Å². The molecule has 1 N–H and O–H groups in total. The third-order valence-electron chi connectivity index (χ3n) is 4.80. The van der Waals surface area contributed by atoms with Gasteiger partial charge in [-0.25, -0.2) is 4.98 Å². The molecule has 0 radical (unpaired) electrons. The first-order valence-corrected chi connectivity index (χ1v) is 9.56. The molecule has 0 spiro atoms. The molecule has 2 saturated heterocycles. The summed E-state index contributed by atoms with van der Waals surface area (Å²) in [5.41, 5.74) is 0.985. The van der Waals surface area contributed by atoms with Crippen molar-refractivity contribution >= 4 is 29.9 Å². The predicted octanol–water partition coefficient (Wildman–Crippen LogP) is 1.68. The molecule has 1 aromatic heterocycles. The molecule has 1 aromatic rings. The van der Waals surface area contributed by atoms with Crippen molar-refractivity contribution in [3.8, 4) is 5.88 Å². The number of hydrogen-bond acceptors (Lipinski definition) is 6. The van der Waals surface area contributed by atoms with Crippen molar-refractivity contribution < 1.29 is 18.9 Å². The molecule has 0 saturated carbocycles. The van der Waals surface area contributed by atoms with Gasteiger partial charge in [-0.15, -0.1) is 24.0 Å². The summed E-state index contributed by atoms with van der Waals surface area (Å²) in [6, 6.07) is 3.91.